The normalized spacial score (nSPS) is 9.89. The monoisotopic (exact) mass is 358 g/mol. The molecule has 0 bridgehead atoms. The van der Waals surface area contributed by atoms with Crippen LogP contribution in [0.15, 0.2) is 78.9 Å². The fraction of sp³-hybridized carbons (Fsp3) is 0.0909. The highest BCUT2D eigenvalue weighted by molar-refractivity contribution is 6.05. The number of nitrogens with one attached hydrogen (secondary N) is 1. The van der Waals surface area contributed by atoms with Gasteiger partial charge in [-0.15, -0.1) is 0 Å². The zero-order valence-corrected chi connectivity index (χ0v) is 14.6. The highest BCUT2D eigenvalue weighted by Crippen LogP contribution is 2.18. The van der Waals surface area contributed by atoms with Gasteiger partial charge in [0.2, 0.25) is 0 Å². The van der Waals surface area contributed by atoms with E-state index < -0.39 is 0 Å². The van der Waals surface area contributed by atoms with Crippen molar-refractivity contribution in [2.75, 3.05) is 18.5 Å². The zero-order chi connectivity index (χ0) is 18.9. The lowest BCUT2D eigenvalue weighted by Gasteiger charge is -2.10. The molecule has 3 rings (SSSR count). The molecule has 0 heterocycles. The van der Waals surface area contributed by atoms with E-state index >= 15 is 0 Å². The van der Waals surface area contributed by atoms with E-state index in [4.69, 9.17) is 14.7 Å². The quantitative estimate of drug-likeness (QED) is 0.640. The molecule has 0 aliphatic carbocycles. The highest BCUT2D eigenvalue weighted by atomic mass is 16.5. The van der Waals surface area contributed by atoms with E-state index in [1.54, 1.807) is 48.5 Å². The van der Waals surface area contributed by atoms with Crippen molar-refractivity contribution in [3.63, 3.8) is 0 Å². The summed E-state index contributed by atoms with van der Waals surface area (Å²) in [5, 5.41) is 11.9. The maximum Gasteiger partial charge on any atom is 0.255 e. The predicted molar refractivity (Wildman–Crippen MR) is 103 cm³/mol. The van der Waals surface area contributed by atoms with Crippen LogP contribution in [0.4, 0.5) is 5.69 Å². The summed E-state index contributed by atoms with van der Waals surface area (Å²) in [5.41, 5.74) is 1.34. The van der Waals surface area contributed by atoms with E-state index in [0.717, 1.165) is 5.75 Å². The van der Waals surface area contributed by atoms with Crippen LogP contribution in [0.5, 0.6) is 11.5 Å². The first-order chi connectivity index (χ1) is 13.3. The lowest BCUT2D eigenvalue weighted by molar-refractivity contribution is 0.102. The standard InChI is InChI=1S/C22H18N2O3/c23-16-18-7-4-5-12-21(18)24-22(25)17-8-6-11-20(15-17)27-14-13-26-19-9-2-1-3-10-19/h1-12,15H,13-14H2,(H,24,25). The number of benzene rings is 3. The first-order valence-corrected chi connectivity index (χ1v) is 8.47. The third-order valence-electron chi connectivity index (χ3n) is 3.76. The Labute approximate surface area is 157 Å². The highest BCUT2D eigenvalue weighted by Gasteiger charge is 2.09. The molecule has 0 radical (unpaired) electrons. The van der Waals surface area contributed by atoms with Gasteiger partial charge >= 0.3 is 0 Å². The van der Waals surface area contributed by atoms with Gasteiger partial charge in [-0.3, -0.25) is 4.79 Å². The van der Waals surface area contributed by atoms with Crippen molar-refractivity contribution in [1.29, 1.82) is 5.26 Å². The van der Waals surface area contributed by atoms with Crippen LogP contribution in [0.1, 0.15) is 15.9 Å². The molecule has 0 aliphatic heterocycles. The molecule has 27 heavy (non-hydrogen) atoms. The molecule has 3 aromatic carbocycles. The van der Waals surface area contributed by atoms with Gasteiger partial charge in [0.25, 0.3) is 5.91 Å². The predicted octanol–water partition coefficient (Wildman–Crippen LogP) is 4.27. The molecule has 0 atom stereocenters. The smallest absolute Gasteiger partial charge is 0.255 e. The van der Waals surface area contributed by atoms with Crippen molar-refractivity contribution in [2.24, 2.45) is 0 Å². The molecular weight excluding hydrogens is 340 g/mol. The number of ether oxygens (including phenoxy) is 2. The molecule has 1 amide bonds. The van der Waals surface area contributed by atoms with Gasteiger partial charge in [-0.1, -0.05) is 36.4 Å². The number of carbonyl (C=O) groups is 1. The molecule has 0 saturated carbocycles. The Kier molecular flexibility index (Phi) is 6.05. The van der Waals surface area contributed by atoms with Crippen LogP contribution in [0.2, 0.25) is 0 Å². The van der Waals surface area contributed by atoms with Crippen molar-refractivity contribution in [2.45, 2.75) is 0 Å². The lowest BCUT2D eigenvalue weighted by atomic mass is 10.1. The third-order valence-corrected chi connectivity index (χ3v) is 3.76. The average Bonchev–Trinajstić information content (AvgIpc) is 2.72. The van der Waals surface area contributed by atoms with Gasteiger partial charge in [-0.2, -0.15) is 5.26 Å². The van der Waals surface area contributed by atoms with Crippen molar-refractivity contribution in [3.05, 3.63) is 90.0 Å². The number of carbonyl (C=O) groups excluding carboxylic acids is 1. The maximum atomic E-state index is 12.4. The van der Waals surface area contributed by atoms with Crippen molar-refractivity contribution in [1.82, 2.24) is 0 Å². The zero-order valence-electron chi connectivity index (χ0n) is 14.6. The summed E-state index contributed by atoms with van der Waals surface area (Å²) in [5.74, 6) is 1.06. The van der Waals surface area contributed by atoms with Gasteiger partial charge in [0.05, 0.1) is 11.3 Å². The van der Waals surface area contributed by atoms with E-state index in [1.165, 1.54) is 0 Å². The molecule has 3 aromatic rings. The summed E-state index contributed by atoms with van der Waals surface area (Å²) in [7, 11) is 0. The van der Waals surface area contributed by atoms with Crippen molar-refractivity contribution < 1.29 is 14.3 Å². The van der Waals surface area contributed by atoms with Gasteiger partial charge in [0.1, 0.15) is 30.8 Å². The summed E-state index contributed by atoms with van der Waals surface area (Å²) in [6.07, 6.45) is 0. The van der Waals surface area contributed by atoms with Crippen LogP contribution in [0, 0.1) is 11.3 Å². The average molecular weight is 358 g/mol. The Balaban J connectivity index is 1.56. The fourth-order valence-corrected chi connectivity index (χ4v) is 2.45. The van der Waals surface area contributed by atoms with E-state index in [2.05, 4.69) is 11.4 Å². The maximum absolute atomic E-state index is 12.4. The summed E-state index contributed by atoms with van der Waals surface area (Å²) in [6, 6.07) is 25.3. The molecule has 0 fully saturated rings. The Morgan fingerprint density at radius 2 is 1.52 bits per heavy atom. The molecular formula is C22H18N2O3. The molecule has 0 unspecified atom stereocenters. The minimum atomic E-state index is -0.302. The molecule has 1 N–H and O–H groups in total. The van der Waals surface area contributed by atoms with E-state index in [-0.39, 0.29) is 5.91 Å². The molecule has 5 nitrogen and oxygen atoms in total. The lowest BCUT2D eigenvalue weighted by Crippen LogP contribution is -2.13. The SMILES string of the molecule is N#Cc1ccccc1NC(=O)c1cccc(OCCOc2ccccc2)c1. The van der Waals surface area contributed by atoms with Crippen LogP contribution in [-0.2, 0) is 0 Å². The number of para-hydroxylation sites is 2. The van der Waals surface area contributed by atoms with Crippen molar-refractivity contribution >= 4 is 11.6 Å². The summed E-state index contributed by atoms with van der Waals surface area (Å²) >= 11 is 0. The van der Waals surface area contributed by atoms with Gasteiger partial charge < -0.3 is 14.8 Å². The number of hydrogen-bond acceptors (Lipinski definition) is 4. The molecule has 5 heteroatoms. The molecule has 0 aliphatic rings. The number of anilines is 1. The Bertz CT molecular complexity index is 949. The second-order valence-electron chi connectivity index (χ2n) is 5.65. The van der Waals surface area contributed by atoms with Gasteiger partial charge in [-0.25, -0.2) is 0 Å². The Morgan fingerprint density at radius 1 is 0.852 bits per heavy atom. The van der Waals surface area contributed by atoms with Crippen molar-refractivity contribution in [3.8, 4) is 17.6 Å². The fourth-order valence-electron chi connectivity index (χ4n) is 2.45. The van der Waals surface area contributed by atoms with Crippen LogP contribution in [-0.4, -0.2) is 19.1 Å². The molecule has 0 aromatic heterocycles. The van der Waals surface area contributed by atoms with Crippen LogP contribution < -0.4 is 14.8 Å². The summed E-state index contributed by atoms with van der Waals surface area (Å²) < 4.78 is 11.2. The van der Waals surface area contributed by atoms with Gasteiger partial charge in [0.15, 0.2) is 0 Å². The minimum Gasteiger partial charge on any atom is -0.490 e. The second kappa shape index (κ2) is 9.07. The van der Waals surface area contributed by atoms with Crippen LogP contribution in [0.25, 0.3) is 0 Å². The molecule has 0 saturated heterocycles. The van der Waals surface area contributed by atoms with E-state index in [9.17, 15) is 4.79 Å². The number of nitriles is 1. The molecule has 134 valence electrons. The number of nitrogens with zero attached hydrogens (tertiary/aromatic N) is 1. The minimum absolute atomic E-state index is 0.302. The van der Waals surface area contributed by atoms with Gasteiger partial charge in [0, 0.05) is 5.56 Å². The first kappa shape index (κ1) is 18.0. The van der Waals surface area contributed by atoms with Crippen LogP contribution >= 0.6 is 0 Å². The van der Waals surface area contributed by atoms with Gasteiger partial charge in [-0.05, 0) is 42.5 Å². The van der Waals surface area contributed by atoms with E-state index in [0.29, 0.717) is 35.8 Å². The number of hydrogen-bond donors (Lipinski definition) is 1. The second-order valence-corrected chi connectivity index (χ2v) is 5.65. The Morgan fingerprint density at radius 3 is 2.30 bits per heavy atom. The topological polar surface area (TPSA) is 71.4 Å². The Hall–Kier alpha value is -3.78. The molecule has 0 spiro atoms. The van der Waals surface area contributed by atoms with E-state index in [1.807, 2.05) is 30.3 Å². The first-order valence-electron chi connectivity index (χ1n) is 8.47. The number of rotatable bonds is 7. The summed E-state index contributed by atoms with van der Waals surface area (Å²) in [4.78, 5) is 12.4. The van der Waals surface area contributed by atoms with Crippen LogP contribution in [0.3, 0.4) is 0 Å². The third kappa shape index (κ3) is 5.10. The largest absolute Gasteiger partial charge is 0.490 e. The summed E-state index contributed by atoms with van der Waals surface area (Å²) in [6.45, 7) is 0.757. The number of amides is 1.